The van der Waals surface area contributed by atoms with Crippen molar-refractivity contribution in [1.82, 2.24) is 25.3 Å². The molecule has 2 N–H and O–H groups in total. The SMILES string of the molecule is CN[C@@H]1CCN(C2C(F)CC3C(=O)C(C(=O)NCCC4CCCN4C)=CN4C5CC6CCCCC6CC5OC2C34)C1. The van der Waals surface area contributed by atoms with Crippen molar-refractivity contribution in [3.05, 3.63) is 11.8 Å². The number of nitrogens with zero attached hydrogens (tertiary/aromatic N) is 3. The van der Waals surface area contributed by atoms with Crippen LogP contribution in [0, 0.1) is 17.8 Å². The Morgan fingerprint density at radius 2 is 1.85 bits per heavy atom. The van der Waals surface area contributed by atoms with Crippen molar-refractivity contribution in [2.75, 3.05) is 40.3 Å². The molecule has 7 aliphatic rings. The summed E-state index contributed by atoms with van der Waals surface area (Å²) in [5, 5.41) is 6.44. The summed E-state index contributed by atoms with van der Waals surface area (Å²) in [6.07, 6.45) is 12.0. The number of likely N-dealkylation sites (tertiary alicyclic amines) is 2. The third-order valence-electron chi connectivity index (χ3n) is 12.2. The quantitative estimate of drug-likeness (QED) is 0.475. The van der Waals surface area contributed by atoms with E-state index in [-0.39, 0.29) is 54.0 Å². The number of halogens is 1. The van der Waals surface area contributed by atoms with Crippen LogP contribution in [0.3, 0.4) is 0 Å². The van der Waals surface area contributed by atoms with E-state index in [2.05, 4.69) is 32.4 Å². The maximum Gasteiger partial charge on any atom is 0.256 e. The summed E-state index contributed by atoms with van der Waals surface area (Å²) in [4.78, 5) is 34.5. The number of Topliss-reactive ketones (excluding diaryl/α,β-unsaturated/α-hetero) is 1. The number of carbonyl (C=O) groups excluding carboxylic acids is 2. The molecule has 6 fully saturated rings. The molecule has 0 aromatic rings. The molecular weight excluding hydrogens is 521 g/mol. The molecule has 4 aliphatic heterocycles. The molecule has 8 nitrogen and oxygen atoms in total. The molecule has 4 heterocycles. The fourth-order valence-electron chi connectivity index (χ4n) is 9.95. The molecule has 3 saturated heterocycles. The first-order chi connectivity index (χ1) is 19.9. The monoisotopic (exact) mass is 571 g/mol. The first kappa shape index (κ1) is 28.2. The first-order valence-corrected chi connectivity index (χ1v) is 16.7. The van der Waals surface area contributed by atoms with Gasteiger partial charge in [0.2, 0.25) is 0 Å². The zero-order chi connectivity index (χ0) is 28.2. The Hall–Kier alpha value is -1.55. The number of rotatable bonds is 6. The molecule has 0 aromatic heterocycles. The highest BCUT2D eigenvalue weighted by Gasteiger charge is 2.61. The van der Waals surface area contributed by atoms with Gasteiger partial charge in [0.25, 0.3) is 5.91 Å². The number of ketones is 1. The lowest BCUT2D eigenvalue weighted by Crippen LogP contribution is -2.73. The van der Waals surface area contributed by atoms with Gasteiger partial charge in [-0.2, -0.15) is 0 Å². The van der Waals surface area contributed by atoms with Crippen LogP contribution >= 0.6 is 0 Å². The summed E-state index contributed by atoms with van der Waals surface area (Å²) in [7, 11) is 4.12. The number of hydrogen-bond donors (Lipinski definition) is 2. The molecule has 7 rings (SSSR count). The molecule has 10 unspecified atom stereocenters. The van der Waals surface area contributed by atoms with Crippen molar-refractivity contribution in [2.45, 2.75) is 119 Å². The summed E-state index contributed by atoms with van der Waals surface area (Å²) in [5.74, 6) is 0.349. The van der Waals surface area contributed by atoms with Gasteiger partial charge in [-0.25, -0.2) is 4.39 Å². The van der Waals surface area contributed by atoms with Gasteiger partial charge in [-0.05, 0) is 77.4 Å². The van der Waals surface area contributed by atoms with Crippen molar-refractivity contribution < 1.29 is 18.7 Å². The Labute approximate surface area is 244 Å². The number of ether oxygens (including phenoxy) is 1. The Balaban J connectivity index is 1.17. The number of hydrogen-bond acceptors (Lipinski definition) is 7. The predicted molar refractivity (Wildman–Crippen MR) is 155 cm³/mol. The van der Waals surface area contributed by atoms with Crippen LogP contribution in [0.4, 0.5) is 4.39 Å². The van der Waals surface area contributed by atoms with Crippen LogP contribution in [0.25, 0.3) is 0 Å². The topological polar surface area (TPSA) is 77.2 Å². The number of nitrogens with one attached hydrogen (secondary N) is 2. The zero-order valence-electron chi connectivity index (χ0n) is 25.0. The van der Waals surface area contributed by atoms with Crippen molar-refractivity contribution in [2.24, 2.45) is 17.8 Å². The van der Waals surface area contributed by atoms with Crippen LogP contribution in [0.5, 0.6) is 0 Å². The fourth-order valence-corrected chi connectivity index (χ4v) is 9.95. The minimum atomic E-state index is -1.15. The first-order valence-electron chi connectivity index (χ1n) is 16.7. The van der Waals surface area contributed by atoms with Crippen molar-refractivity contribution in [3.63, 3.8) is 0 Å². The van der Waals surface area contributed by atoms with Crippen molar-refractivity contribution in [1.29, 1.82) is 0 Å². The van der Waals surface area contributed by atoms with Crippen LogP contribution in [-0.2, 0) is 14.3 Å². The van der Waals surface area contributed by atoms with Crippen LogP contribution in [0.15, 0.2) is 11.8 Å². The van der Waals surface area contributed by atoms with Crippen molar-refractivity contribution >= 4 is 11.7 Å². The molecule has 11 atom stereocenters. The van der Waals surface area contributed by atoms with Crippen LogP contribution < -0.4 is 10.6 Å². The van der Waals surface area contributed by atoms with E-state index in [1.807, 2.05) is 13.2 Å². The van der Waals surface area contributed by atoms with Gasteiger partial charge in [0.1, 0.15) is 6.17 Å². The highest BCUT2D eigenvalue weighted by molar-refractivity contribution is 6.20. The third-order valence-corrected chi connectivity index (χ3v) is 12.2. The second-order valence-electron chi connectivity index (χ2n) is 14.3. The fraction of sp³-hybridized carbons (Fsp3) is 0.875. The molecule has 3 saturated carbocycles. The molecule has 3 aliphatic carbocycles. The lowest BCUT2D eigenvalue weighted by molar-refractivity contribution is -0.219. The van der Waals surface area contributed by atoms with E-state index < -0.39 is 12.1 Å². The summed E-state index contributed by atoms with van der Waals surface area (Å²) in [6, 6.07) is 0.456. The second kappa shape index (κ2) is 11.5. The maximum absolute atomic E-state index is 16.3. The predicted octanol–water partition coefficient (Wildman–Crippen LogP) is 2.48. The van der Waals surface area contributed by atoms with E-state index >= 15 is 4.39 Å². The molecule has 0 spiro atoms. The lowest BCUT2D eigenvalue weighted by atomic mass is 9.64. The third kappa shape index (κ3) is 5.06. The molecule has 0 radical (unpaired) electrons. The van der Waals surface area contributed by atoms with Crippen LogP contribution in [0.2, 0.25) is 0 Å². The van der Waals surface area contributed by atoms with E-state index in [9.17, 15) is 9.59 Å². The summed E-state index contributed by atoms with van der Waals surface area (Å²) in [6.45, 7) is 3.32. The average molecular weight is 572 g/mol. The maximum atomic E-state index is 16.3. The second-order valence-corrected chi connectivity index (χ2v) is 14.3. The number of carbonyl (C=O) groups is 2. The van der Waals surface area contributed by atoms with Gasteiger partial charge in [0, 0.05) is 43.8 Å². The normalized spacial score (nSPS) is 44.7. The van der Waals surface area contributed by atoms with E-state index in [1.54, 1.807) is 0 Å². The van der Waals surface area contributed by atoms with Gasteiger partial charge in [0.15, 0.2) is 5.78 Å². The highest BCUT2D eigenvalue weighted by atomic mass is 19.1. The zero-order valence-corrected chi connectivity index (χ0v) is 25.0. The van der Waals surface area contributed by atoms with Crippen molar-refractivity contribution in [3.8, 4) is 0 Å². The Kier molecular flexibility index (Phi) is 7.93. The molecule has 228 valence electrons. The van der Waals surface area contributed by atoms with E-state index in [0.29, 0.717) is 30.5 Å². The van der Waals surface area contributed by atoms with E-state index in [1.165, 1.54) is 32.1 Å². The van der Waals surface area contributed by atoms with Gasteiger partial charge in [-0.15, -0.1) is 0 Å². The smallest absolute Gasteiger partial charge is 0.256 e. The van der Waals surface area contributed by atoms with Gasteiger partial charge in [0.05, 0.1) is 35.9 Å². The standard InChI is InChI=1S/C32H50FN5O3/c1-34-21-10-13-37(17-21)29-25(33)16-23-28-31(29)41-27-15-20-7-4-3-6-19(20)14-26(27)38(28)18-24(30(23)39)32(40)35-11-9-22-8-5-12-36(22)2/h18-23,25-29,31,34H,3-17H2,1-2H3,(H,35,40)/t19?,20?,21-,22?,23?,25?,26?,27?,28?,29?,31?/m1/s1. The minimum absolute atomic E-state index is 0.0263. The molecule has 0 bridgehead atoms. The Bertz CT molecular complexity index is 1040. The molecule has 1 amide bonds. The molecule has 9 heteroatoms. The summed E-state index contributed by atoms with van der Waals surface area (Å²) < 4.78 is 23.2. The van der Waals surface area contributed by atoms with Crippen LogP contribution in [0.1, 0.15) is 70.6 Å². The van der Waals surface area contributed by atoms with Gasteiger partial charge >= 0.3 is 0 Å². The lowest BCUT2D eigenvalue weighted by Gasteiger charge is -2.61. The Morgan fingerprint density at radius 1 is 1.05 bits per heavy atom. The number of morpholine rings is 1. The summed E-state index contributed by atoms with van der Waals surface area (Å²) >= 11 is 0. The number of fused-ring (bicyclic) bond motifs is 3. The van der Waals surface area contributed by atoms with Crippen LogP contribution in [-0.4, -0.2) is 115 Å². The number of amides is 1. The van der Waals surface area contributed by atoms with E-state index in [4.69, 9.17) is 4.74 Å². The van der Waals surface area contributed by atoms with Gasteiger partial charge in [-0.3, -0.25) is 14.5 Å². The average Bonchev–Trinajstić information content (AvgIpc) is 3.62. The van der Waals surface area contributed by atoms with E-state index in [0.717, 1.165) is 51.7 Å². The minimum Gasteiger partial charge on any atom is -0.369 e. The largest absolute Gasteiger partial charge is 0.369 e. The van der Waals surface area contributed by atoms with Gasteiger partial charge in [-0.1, -0.05) is 25.7 Å². The summed E-state index contributed by atoms with van der Waals surface area (Å²) in [5.41, 5.74) is 0.235. The highest BCUT2D eigenvalue weighted by Crippen LogP contribution is 2.51. The number of alkyl halides is 1. The van der Waals surface area contributed by atoms with Gasteiger partial charge < -0.3 is 25.2 Å². The number of likely N-dealkylation sites (N-methyl/N-ethyl adjacent to an activating group) is 1. The molecule has 0 aromatic carbocycles. The molecule has 41 heavy (non-hydrogen) atoms. The Morgan fingerprint density at radius 3 is 2.59 bits per heavy atom. The molecular formula is C32H50FN5O3.